The van der Waals surface area contributed by atoms with Gasteiger partial charge in [-0.15, -0.1) is 21.5 Å². The molecule has 3 heterocycles. The molecule has 4 aromatic rings. The van der Waals surface area contributed by atoms with Crippen molar-refractivity contribution in [3.63, 3.8) is 0 Å². The highest BCUT2D eigenvalue weighted by Crippen LogP contribution is 2.35. The van der Waals surface area contributed by atoms with Gasteiger partial charge in [0, 0.05) is 21.7 Å². The third-order valence-electron chi connectivity index (χ3n) is 4.05. The second-order valence-electron chi connectivity index (χ2n) is 5.71. The number of hydrogen-bond donors (Lipinski definition) is 0. The van der Waals surface area contributed by atoms with Gasteiger partial charge in [0.05, 0.1) is 5.69 Å². The molecule has 1 aliphatic heterocycles. The van der Waals surface area contributed by atoms with E-state index in [0.717, 1.165) is 44.2 Å². The quantitative estimate of drug-likeness (QED) is 0.443. The van der Waals surface area contributed by atoms with E-state index in [1.54, 1.807) is 23.1 Å². The van der Waals surface area contributed by atoms with Crippen molar-refractivity contribution >= 4 is 39.7 Å². The van der Waals surface area contributed by atoms with Crippen LogP contribution in [0, 0.1) is 0 Å². The third kappa shape index (κ3) is 2.82. The standard InChI is InChI=1S/C18H12ClN3O2S2/c19-13-3-1-2-12(7-13)14-9-26-18-21-20-17(22(14)18)25-8-11-4-5-15-16(6-11)24-10-23-15/h1-7,9H,8,10H2. The van der Waals surface area contributed by atoms with Crippen molar-refractivity contribution in [3.05, 3.63) is 58.4 Å². The van der Waals surface area contributed by atoms with Gasteiger partial charge in [-0.05, 0) is 29.8 Å². The summed E-state index contributed by atoms with van der Waals surface area (Å²) in [6.45, 7) is 0.286. The van der Waals surface area contributed by atoms with E-state index in [9.17, 15) is 0 Å². The number of ether oxygens (including phenoxy) is 2. The minimum Gasteiger partial charge on any atom is -0.454 e. The zero-order chi connectivity index (χ0) is 17.5. The van der Waals surface area contributed by atoms with E-state index in [2.05, 4.69) is 20.0 Å². The molecule has 0 fully saturated rings. The zero-order valence-electron chi connectivity index (χ0n) is 13.4. The van der Waals surface area contributed by atoms with Crippen molar-refractivity contribution in [2.24, 2.45) is 0 Å². The van der Waals surface area contributed by atoms with Gasteiger partial charge in [-0.3, -0.25) is 4.40 Å². The maximum atomic E-state index is 6.15. The molecule has 0 amide bonds. The Morgan fingerprint density at radius 3 is 2.96 bits per heavy atom. The number of hydrogen-bond acceptors (Lipinski definition) is 6. The Morgan fingerprint density at radius 2 is 2.04 bits per heavy atom. The summed E-state index contributed by atoms with van der Waals surface area (Å²) >= 11 is 9.36. The van der Waals surface area contributed by atoms with Crippen LogP contribution < -0.4 is 9.47 Å². The van der Waals surface area contributed by atoms with E-state index in [1.807, 2.05) is 42.5 Å². The number of halogens is 1. The molecule has 0 spiro atoms. The van der Waals surface area contributed by atoms with Crippen molar-refractivity contribution in [2.75, 3.05) is 6.79 Å². The van der Waals surface area contributed by atoms with Gasteiger partial charge < -0.3 is 9.47 Å². The van der Waals surface area contributed by atoms with E-state index in [4.69, 9.17) is 21.1 Å². The summed E-state index contributed by atoms with van der Waals surface area (Å²) in [4.78, 5) is 0.869. The third-order valence-corrected chi connectivity index (χ3v) is 6.10. The molecule has 2 aromatic heterocycles. The van der Waals surface area contributed by atoms with Crippen molar-refractivity contribution in [1.82, 2.24) is 14.6 Å². The predicted molar refractivity (Wildman–Crippen MR) is 103 cm³/mol. The largest absolute Gasteiger partial charge is 0.454 e. The van der Waals surface area contributed by atoms with Crippen molar-refractivity contribution in [2.45, 2.75) is 10.9 Å². The summed E-state index contributed by atoms with van der Waals surface area (Å²) in [6, 6.07) is 13.8. The highest BCUT2D eigenvalue weighted by Gasteiger charge is 2.16. The maximum absolute atomic E-state index is 6.15. The molecular weight excluding hydrogens is 390 g/mol. The van der Waals surface area contributed by atoms with Crippen LogP contribution in [0.1, 0.15) is 5.56 Å². The molecule has 0 N–H and O–H groups in total. The molecule has 26 heavy (non-hydrogen) atoms. The van der Waals surface area contributed by atoms with Crippen LogP contribution in [0.2, 0.25) is 5.02 Å². The van der Waals surface area contributed by atoms with Crippen molar-refractivity contribution in [3.8, 4) is 22.8 Å². The summed E-state index contributed by atoms with van der Waals surface area (Å²) < 4.78 is 12.9. The van der Waals surface area contributed by atoms with Crippen LogP contribution in [0.5, 0.6) is 11.5 Å². The lowest BCUT2D eigenvalue weighted by atomic mass is 10.2. The number of aromatic nitrogens is 3. The number of thioether (sulfide) groups is 1. The van der Waals surface area contributed by atoms with Crippen LogP contribution in [-0.4, -0.2) is 21.4 Å². The van der Waals surface area contributed by atoms with Crippen LogP contribution in [0.3, 0.4) is 0 Å². The van der Waals surface area contributed by atoms with Gasteiger partial charge in [-0.2, -0.15) is 0 Å². The Kier molecular flexibility index (Phi) is 4.00. The molecule has 2 aromatic carbocycles. The molecule has 0 radical (unpaired) electrons. The minimum atomic E-state index is 0.286. The van der Waals surface area contributed by atoms with Gasteiger partial charge in [0.1, 0.15) is 0 Å². The summed E-state index contributed by atoms with van der Waals surface area (Å²) in [6.07, 6.45) is 0. The average Bonchev–Trinajstić information content (AvgIpc) is 3.36. The molecule has 0 saturated heterocycles. The molecule has 0 bridgehead atoms. The first-order valence-corrected chi connectivity index (χ1v) is 10.1. The topological polar surface area (TPSA) is 48.7 Å². The Labute approximate surface area is 162 Å². The Hall–Kier alpha value is -2.22. The smallest absolute Gasteiger partial charge is 0.231 e. The monoisotopic (exact) mass is 401 g/mol. The van der Waals surface area contributed by atoms with E-state index in [0.29, 0.717) is 5.02 Å². The number of fused-ring (bicyclic) bond motifs is 2. The van der Waals surface area contributed by atoms with Gasteiger partial charge in [-0.1, -0.05) is 41.6 Å². The van der Waals surface area contributed by atoms with E-state index < -0.39 is 0 Å². The van der Waals surface area contributed by atoms with Gasteiger partial charge in [0.25, 0.3) is 0 Å². The first kappa shape index (κ1) is 16.0. The molecule has 8 heteroatoms. The Bertz CT molecular complexity index is 1110. The number of thiazole rings is 1. The maximum Gasteiger partial charge on any atom is 0.231 e. The lowest BCUT2D eigenvalue weighted by molar-refractivity contribution is 0.174. The number of rotatable bonds is 4. The molecule has 5 rings (SSSR count). The molecule has 0 atom stereocenters. The zero-order valence-corrected chi connectivity index (χ0v) is 15.8. The predicted octanol–water partition coefficient (Wildman–Crippen LogP) is 5.13. The fourth-order valence-corrected chi connectivity index (χ4v) is 4.79. The molecule has 5 nitrogen and oxygen atoms in total. The van der Waals surface area contributed by atoms with Crippen LogP contribution in [-0.2, 0) is 5.75 Å². The van der Waals surface area contributed by atoms with Gasteiger partial charge in [0.2, 0.25) is 11.8 Å². The summed E-state index contributed by atoms with van der Waals surface area (Å²) in [5.41, 5.74) is 3.25. The molecule has 0 aliphatic carbocycles. The lowest BCUT2D eigenvalue weighted by Gasteiger charge is -2.05. The Morgan fingerprint density at radius 1 is 1.12 bits per heavy atom. The SMILES string of the molecule is Clc1cccc(-c2csc3nnc(SCc4ccc5c(c4)OCO5)n23)c1. The highest BCUT2D eigenvalue weighted by atomic mass is 35.5. The van der Waals surface area contributed by atoms with E-state index >= 15 is 0 Å². The minimum absolute atomic E-state index is 0.286. The van der Waals surface area contributed by atoms with Crippen LogP contribution in [0.4, 0.5) is 0 Å². The molecule has 0 unspecified atom stereocenters. The van der Waals surface area contributed by atoms with Crippen molar-refractivity contribution in [1.29, 1.82) is 0 Å². The fourth-order valence-electron chi connectivity index (χ4n) is 2.82. The van der Waals surface area contributed by atoms with Crippen LogP contribution >= 0.6 is 34.7 Å². The van der Waals surface area contributed by atoms with Crippen LogP contribution in [0.15, 0.2) is 53.0 Å². The summed E-state index contributed by atoms with van der Waals surface area (Å²) in [7, 11) is 0. The average molecular weight is 402 g/mol. The number of nitrogens with zero attached hydrogens (tertiary/aromatic N) is 3. The second kappa shape index (κ2) is 6.50. The molecule has 1 aliphatic rings. The Balaban J connectivity index is 1.45. The number of benzene rings is 2. The summed E-state index contributed by atoms with van der Waals surface area (Å²) in [5, 5.41) is 12.3. The van der Waals surface area contributed by atoms with Gasteiger partial charge in [0.15, 0.2) is 16.7 Å². The molecular formula is C18H12ClN3O2S2. The van der Waals surface area contributed by atoms with Crippen molar-refractivity contribution < 1.29 is 9.47 Å². The lowest BCUT2D eigenvalue weighted by Crippen LogP contribution is -1.93. The molecule has 130 valence electrons. The summed E-state index contributed by atoms with van der Waals surface area (Å²) in [5.74, 6) is 2.36. The van der Waals surface area contributed by atoms with E-state index in [1.165, 1.54) is 0 Å². The van der Waals surface area contributed by atoms with Gasteiger partial charge >= 0.3 is 0 Å². The van der Waals surface area contributed by atoms with Crippen LogP contribution in [0.25, 0.3) is 16.2 Å². The first-order valence-electron chi connectivity index (χ1n) is 7.88. The first-order chi connectivity index (χ1) is 12.8. The van der Waals surface area contributed by atoms with E-state index in [-0.39, 0.29) is 6.79 Å². The highest BCUT2D eigenvalue weighted by molar-refractivity contribution is 7.98. The second-order valence-corrected chi connectivity index (χ2v) is 7.92. The molecule has 0 saturated carbocycles. The van der Waals surface area contributed by atoms with Gasteiger partial charge in [-0.25, -0.2) is 0 Å². The normalized spacial score (nSPS) is 12.8. The fraction of sp³-hybridized carbons (Fsp3) is 0.111.